The molecule has 0 spiro atoms. The van der Waals surface area contributed by atoms with Crippen molar-refractivity contribution in [1.82, 2.24) is 29.3 Å². The van der Waals surface area contributed by atoms with Crippen molar-refractivity contribution >= 4 is 39.7 Å². The molecule has 188 valence electrons. The van der Waals surface area contributed by atoms with Gasteiger partial charge in [0.2, 0.25) is 5.95 Å². The van der Waals surface area contributed by atoms with Crippen molar-refractivity contribution in [2.75, 3.05) is 43.1 Å². The Kier molecular flexibility index (Phi) is 5.79. The van der Waals surface area contributed by atoms with Crippen molar-refractivity contribution in [2.24, 2.45) is 0 Å². The van der Waals surface area contributed by atoms with Crippen LogP contribution in [0.5, 0.6) is 5.75 Å². The summed E-state index contributed by atoms with van der Waals surface area (Å²) in [6.45, 7) is 3.42. The van der Waals surface area contributed by atoms with Crippen LogP contribution in [0.1, 0.15) is 6.42 Å². The first-order chi connectivity index (χ1) is 18.1. The monoisotopic (exact) mass is 498 g/mol. The number of rotatable bonds is 6. The van der Waals surface area contributed by atoms with Crippen LogP contribution >= 0.6 is 0 Å². The zero-order valence-electron chi connectivity index (χ0n) is 20.4. The fourth-order valence-electron chi connectivity index (χ4n) is 4.65. The van der Waals surface area contributed by atoms with E-state index < -0.39 is 0 Å². The lowest BCUT2D eigenvalue weighted by atomic mass is 10.2. The van der Waals surface area contributed by atoms with Gasteiger partial charge in [-0.2, -0.15) is 15.1 Å². The number of ether oxygens (including phenoxy) is 1. The molecular weight excluding hydrogens is 472 g/mol. The molecule has 11 nitrogen and oxygen atoms in total. The fourth-order valence-corrected chi connectivity index (χ4v) is 4.65. The Morgan fingerprint density at radius 3 is 2.54 bits per heavy atom. The number of para-hydroxylation sites is 1. The molecule has 0 aliphatic carbocycles. The number of fused-ring (bicyclic) bond motifs is 2. The number of phenols is 1. The van der Waals surface area contributed by atoms with Gasteiger partial charge in [0.15, 0.2) is 17.0 Å². The molecule has 2 aromatic carbocycles. The molecule has 0 amide bonds. The third-order valence-corrected chi connectivity index (χ3v) is 6.67. The number of carbonyl (C=O) groups is 1. The highest BCUT2D eigenvalue weighted by Crippen LogP contribution is 2.27. The molecule has 0 radical (unpaired) electrons. The molecule has 1 saturated heterocycles. The van der Waals surface area contributed by atoms with Crippen molar-refractivity contribution < 1.29 is 14.6 Å². The van der Waals surface area contributed by atoms with Crippen LogP contribution in [0.25, 0.3) is 27.9 Å². The van der Waals surface area contributed by atoms with Crippen molar-refractivity contribution in [2.45, 2.75) is 13.0 Å². The van der Waals surface area contributed by atoms with E-state index in [-0.39, 0.29) is 18.1 Å². The summed E-state index contributed by atoms with van der Waals surface area (Å²) < 4.78 is 8.48. The Morgan fingerprint density at radius 2 is 1.76 bits per heavy atom. The van der Waals surface area contributed by atoms with E-state index in [9.17, 15) is 9.90 Å². The van der Waals surface area contributed by atoms with Gasteiger partial charge < -0.3 is 24.2 Å². The van der Waals surface area contributed by atoms with Crippen LogP contribution < -0.4 is 9.80 Å². The SMILES string of the molecule is COC(=O)CCn1cnc2c(-n3ncc4ccccc43)nc(N3CCN(c4ccc(O)cc4)CC3)nc21. The molecule has 0 unspecified atom stereocenters. The summed E-state index contributed by atoms with van der Waals surface area (Å²) in [5.41, 5.74) is 3.25. The lowest BCUT2D eigenvalue weighted by molar-refractivity contribution is -0.140. The van der Waals surface area contributed by atoms with Crippen LogP contribution in [0, 0.1) is 0 Å². The van der Waals surface area contributed by atoms with E-state index in [1.165, 1.54) is 7.11 Å². The number of nitrogens with zero attached hydrogens (tertiary/aromatic N) is 8. The lowest BCUT2D eigenvalue weighted by Crippen LogP contribution is -2.47. The maximum atomic E-state index is 11.8. The van der Waals surface area contributed by atoms with Crippen LogP contribution in [0.2, 0.25) is 0 Å². The summed E-state index contributed by atoms with van der Waals surface area (Å²) in [7, 11) is 1.38. The number of benzene rings is 2. The highest BCUT2D eigenvalue weighted by atomic mass is 16.5. The molecule has 1 fully saturated rings. The second-order valence-corrected chi connectivity index (χ2v) is 8.89. The van der Waals surface area contributed by atoms with Crippen molar-refractivity contribution in [3.05, 3.63) is 61.1 Å². The number of esters is 1. The maximum Gasteiger partial charge on any atom is 0.307 e. The van der Waals surface area contributed by atoms with Gasteiger partial charge in [0.25, 0.3) is 0 Å². The maximum absolute atomic E-state index is 11.8. The van der Waals surface area contributed by atoms with Crippen molar-refractivity contribution in [1.29, 1.82) is 0 Å². The van der Waals surface area contributed by atoms with Crippen molar-refractivity contribution in [3.63, 3.8) is 0 Å². The van der Waals surface area contributed by atoms with E-state index >= 15 is 0 Å². The van der Waals surface area contributed by atoms with E-state index in [2.05, 4.69) is 19.9 Å². The summed E-state index contributed by atoms with van der Waals surface area (Å²) in [6.07, 6.45) is 3.71. The topological polar surface area (TPSA) is 114 Å². The van der Waals surface area contributed by atoms with Gasteiger partial charge in [-0.05, 0) is 30.3 Å². The Bertz CT molecular complexity index is 1570. The van der Waals surface area contributed by atoms with Gasteiger partial charge >= 0.3 is 5.97 Å². The average molecular weight is 499 g/mol. The summed E-state index contributed by atoms with van der Waals surface area (Å²) in [6, 6.07) is 15.2. The summed E-state index contributed by atoms with van der Waals surface area (Å²) >= 11 is 0. The molecule has 0 saturated carbocycles. The molecule has 3 aromatic heterocycles. The number of phenolic OH excluding ortho intramolecular Hbond substituents is 1. The second-order valence-electron chi connectivity index (χ2n) is 8.89. The van der Waals surface area contributed by atoms with Crippen molar-refractivity contribution in [3.8, 4) is 11.6 Å². The standard InChI is InChI=1S/C26H26N8O3/c1-37-22(36)10-11-33-17-27-23-24(33)29-26(30-25(23)34-21-5-3-2-4-18(21)16-28-34)32-14-12-31(13-15-32)19-6-8-20(35)9-7-19/h2-9,16-17,35H,10-15H2,1H3. The van der Waals surface area contributed by atoms with Crippen LogP contribution in [0.4, 0.5) is 11.6 Å². The minimum Gasteiger partial charge on any atom is -0.508 e. The van der Waals surface area contributed by atoms with E-state index in [1.807, 2.05) is 47.2 Å². The molecule has 11 heteroatoms. The molecular formula is C26H26N8O3. The van der Waals surface area contributed by atoms with E-state index in [1.54, 1.807) is 23.1 Å². The second kappa shape index (κ2) is 9.41. The van der Waals surface area contributed by atoms with Gasteiger partial charge in [-0.3, -0.25) is 4.79 Å². The molecule has 5 aromatic rings. The molecule has 37 heavy (non-hydrogen) atoms. The van der Waals surface area contributed by atoms with Crippen LogP contribution in [0.15, 0.2) is 61.1 Å². The third-order valence-electron chi connectivity index (χ3n) is 6.67. The number of imidazole rings is 1. The number of piperazine rings is 1. The Balaban J connectivity index is 1.37. The summed E-state index contributed by atoms with van der Waals surface area (Å²) in [5.74, 6) is 1.15. The van der Waals surface area contributed by atoms with E-state index in [0.717, 1.165) is 42.8 Å². The first-order valence-electron chi connectivity index (χ1n) is 12.1. The Morgan fingerprint density at radius 1 is 1.00 bits per heavy atom. The molecule has 1 aliphatic heterocycles. The quantitative estimate of drug-likeness (QED) is 0.353. The zero-order chi connectivity index (χ0) is 25.4. The third kappa shape index (κ3) is 4.28. The molecule has 0 atom stereocenters. The molecule has 6 rings (SSSR count). The number of methoxy groups -OCH3 is 1. The number of aromatic nitrogens is 6. The van der Waals surface area contributed by atoms with Gasteiger partial charge in [-0.1, -0.05) is 18.2 Å². The number of aryl methyl sites for hydroxylation is 1. The number of aromatic hydroxyl groups is 1. The van der Waals surface area contributed by atoms with Crippen LogP contribution in [0.3, 0.4) is 0 Å². The van der Waals surface area contributed by atoms with Gasteiger partial charge in [-0.15, -0.1) is 0 Å². The zero-order valence-corrected chi connectivity index (χ0v) is 20.4. The molecule has 4 heterocycles. The van der Waals surface area contributed by atoms with E-state index in [0.29, 0.717) is 29.5 Å². The lowest BCUT2D eigenvalue weighted by Gasteiger charge is -2.36. The molecule has 1 aliphatic rings. The van der Waals surface area contributed by atoms with E-state index in [4.69, 9.17) is 14.7 Å². The number of hydrogen-bond donors (Lipinski definition) is 1. The minimum absolute atomic E-state index is 0.215. The Hall–Kier alpha value is -4.67. The average Bonchev–Trinajstić information content (AvgIpc) is 3.56. The van der Waals surface area contributed by atoms with Gasteiger partial charge in [0.1, 0.15) is 5.75 Å². The molecule has 0 bridgehead atoms. The number of carbonyl (C=O) groups excluding carboxylic acids is 1. The fraction of sp³-hybridized carbons (Fsp3) is 0.269. The predicted molar refractivity (Wildman–Crippen MR) is 139 cm³/mol. The number of anilines is 2. The highest BCUT2D eigenvalue weighted by molar-refractivity contribution is 5.86. The summed E-state index contributed by atoms with van der Waals surface area (Å²) in [4.78, 5) is 30.7. The normalized spacial score (nSPS) is 14.0. The van der Waals surface area contributed by atoms with Gasteiger partial charge in [-0.25, -0.2) is 9.67 Å². The minimum atomic E-state index is -0.292. The molecule has 1 N–H and O–H groups in total. The smallest absolute Gasteiger partial charge is 0.307 e. The number of hydrogen-bond acceptors (Lipinski definition) is 9. The first-order valence-corrected chi connectivity index (χ1v) is 12.1. The van der Waals surface area contributed by atoms with Crippen LogP contribution in [-0.2, 0) is 16.1 Å². The van der Waals surface area contributed by atoms with Gasteiger partial charge in [0, 0.05) is 43.8 Å². The van der Waals surface area contributed by atoms with Crippen LogP contribution in [-0.4, -0.2) is 73.7 Å². The predicted octanol–water partition coefficient (Wildman–Crippen LogP) is 2.76. The summed E-state index contributed by atoms with van der Waals surface area (Å²) in [5, 5.41) is 15.2. The Labute approximate surface area is 212 Å². The largest absolute Gasteiger partial charge is 0.508 e. The van der Waals surface area contributed by atoms with Gasteiger partial charge in [0.05, 0.1) is 31.6 Å². The first kappa shape index (κ1) is 22.8. The highest BCUT2D eigenvalue weighted by Gasteiger charge is 2.24.